The van der Waals surface area contributed by atoms with Crippen LogP contribution in [0.3, 0.4) is 0 Å². The molecule has 1 heterocycles. The first-order valence-electron chi connectivity index (χ1n) is 4.37. The predicted molar refractivity (Wildman–Crippen MR) is 56.4 cm³/mol. The molecule has 0 saturated carbocycles. The molecule has 21 heavy (non-hydrogen) atoms. The zero-order chi connectivity index (χ0) is 17.3. The van der Waals surface area contributed by atoms with Gasteiger partial charge in [-0.1, -0.05) is 0 Å². The lowest BCUT2D eigenvalue weighted by atomic mass is 10.7. The number of alkyl halides is 6. The van der Waals surface area contributed by atoms with Crippen LogP contribution in [0.1, 0.15) is 0 Å². The summed E-state index contributed by atoms with van der Waals surface area (Å²) in [5.74, 6) is -4.73. The van der Waals surface area contributed by atoms with E-state index < -0.39 is 24.3 Å². The zero-order valence-corrected chi connectivity index (χ0v) is 10.5. The minimum atomic E-state index is -5.08. The molecule has 120 valence electrons. The van der Waals surface area contributed by atoms with Crippen LogP contribution < -0.4 is 0 Å². The van der Waals surface area contributed by atoms with Crippen molar-refractivity contribution in [3.63, 3.8) is 0 Å². The summed E-state index contributed by atoms with van der Waals surface area (Å²) in [7, 11) is 0. The Morgan fingerprint density at radius 2 is 1.43 bits per heavy atom. The number of carboxylic acids is 2. The Morgan fingerprint density at radius 1 is 1.10 bits per heavy atom. The van der Waals surface area contributed by atoms with Crippen molar-refractivity contribution in [2.24, 2.45) is 0 Å². The first kappa shape index (κ1) is 21.2. The molecule has 0 aromatic rings. The topological polar surface area (TPSA) is 102 Å². The maximum atomic E-state index is 10.6. The lowest BCUT2D eigenvalue weighted by Crippen LogP contribution is -2.21. The maximum Gasteiger partial charge on any atom is 0.490 e. The van der Waals surface area contributed by atoms with Gasteiger partial charge in [0.25, 0.3) is 0 Å². The first-order valence-corrected chi connectivity index (χ1v) is 5.42. The molecule has 6 nitrogen and oxygen atoms in total. The van der Waals surface area contributed by atoms with E-state index in [1.807, 2.05) is 11.6 Å². The number of nitriles is 1. The number of nitrogens with zero attached hydrogens (tertiary/aromatic N) is 2. The van der Waals surface area contributed by atoms with Gasteiger partial charge in [-0.05, 0) is 5.41 Å². The summed E-state index contributed by atoms with van der Waals surface area (Å²) < 4.78 is 63.5. The second-order valence-electron chi connectivity index (χ2n) is 2.76. The van der Waals surface area contributed by atoms with Crippen molar-refractivity contribution < 1.29 is 46.1 Å². The van der Waals surface area contributed by atoms with Crippen LogP contribution in [0.5, 0.6) is 0 Å². The Kier molecular flexibility index (Phi) is 9.04. The standard InChI is InChI=1S/C4H4N2S.2C2HF3O2/c5-3-6-1-2-7-4-6;2*3-2(4,5)1(6)7/h1-2H,4H2;2*(H,6,7). The first-order chi connectivity index (χ1) is 9.32. The van der Waals surface area contributed by atoms with Gasteiger partial charge in [-0.25, -0.2) is 9.59 Å². The minimum Gasteiger partial charge on any atom is -0.475 e. The van der Waals surface area contributed by atoms with Crippen molar-refractivity contribution in [3.05, 3.63) is 11.6 Å². The summed E-state index contributed by atoms with van der Waals surface area (Å²) in [5, 5.41) is 24.3. The van der Waals surface area contributed by atoms with Gasteiger partial charge in [0.05, 0.1) is 5.88 Å². The van der Waals surface area contributed by atoms with Gasteiger partial charge in [0.1, 0.15) is 0 Å². The average molecular weight is 340 g/mol. The van der Waals surface area contributed by atoms with Crippen LogP contribution in [-0.2, 0) is 9.59 Å². The van der Waals surface area contributed by atoms with E-state index in [4.69, 9.17) is 25.1 Å². The quantitative estimate of drug-likeness (QED) is 0.515. The molecule has 1 rings (SSSR count). The summed E-state index contributed by atoms with van der Waals surface area (Å²) in [5.41, 5.74) is 0. The molecule has 0 amide bonds. The number of thioether (sulfide) groups is 1. The van der Waals surface area contributed by atoms with E-state index in [1.54, 1.807) is 22.9 Å². The summed E-state index contributed by atoms with van der Waals surface area (Å²) in [6.45, 7) is 0. The van der Waals surface area contributed by atoms with Crippen LogP contribution in [-0.4, -0.2) is 45.3 Å². The highest BCUT2D eigenvalue weighted by atomic mass is 32.2. The molecular weight excluding hydrogens is 334 g/mol. The molecule has 0 atom stereocenters. The van der Waals surface area contributed by atoms with Crippen LogP contribution >= 0.6 is 11.8 Å². The number of hydrogen-bond donors (Lipinski definition) is 2. The molecule has 13 heteroatoms. The summed E-state index contributed by atoms with van der Waals surface area (Å²) in [6, 6.07) is 0. The molecule has 0 spiro atoms. The van der Waals surface area contributed by atoms with Crippen LogP contribution in [0.2, 0.25) is 0 Å². The highest BCUT2D eigenvalue weighted by molar-refractivity contribution is 8.02. The van der Waals surface area contributed by atoms with Crippen LogP contribution in [0.25, 0.3) is 0 Å². The Morgan fingerprint density at radius 3 is 1.52 bits per heavy atom. The molecule has 0 radical (unpaired) electrons. The smallest absolute Gasteiger partial charge is 0.475 e. The maximum absolute atomic E-state index is 10.6. The fraction of sp³-hybridized carbons (Fsp3) is 0.375. The third-order valence-electron chi connectivity index (χ3n) is 1.16. The van der Waals surface area contributed by atoms with Crippen LogP contribution in [0.15, 0.2) is 11.6 Å². The predicted octanol–water partition coefficient (Wildman–Crippen LogP) is 2.21. The van der Waals surface area contributed by atoms with Crippen molar-refractivity contribution in [2.75, 3.05) is 5.88 Å². The third-order valence-corrected chi connectivity index (χ3v) is 1.91. The molecule has 1 aliphatic heterocycles. The molecule has 0 fully saturated rings. The molecule has 0 saturated heterocycles. The Balaban J connectivity index is 0. The SMILES string of the molecule is N#CN1C=CSC1.O=C(O)C(F)(F)F.O=C(O)C(F)(F)F. The van der Waals surface area contributed by atoms with E-state index >= 15 is 0 Å². The molecule has 0 aromatic carbocycles. The fourth-order valence-corrected chi connectivity index (χ4v) is 0.969. The monoisotopic (exact) mass is 340 g/mol. The molecule has 0 aliphatic carbocycles. The number of carboxylic acid groups (broad SMARTS) is 2. The van der Waals surface area contributed by atoms with E-state index in [9.17, 15) is 26.3 Å². The van der Waals surface area contributed by atoms with Gasteiger partial charge in [0.2, 0.25) is 0 Å². The Hall–Kier alpha value is -2.10. The zero-order valence-electron chi connectivity index (χ0n) is 9.64. The van der Waals surface area contributed by atoms with Gasteiger partial charge in [-0.3, -0.25) is 4.90 Å². The van der Waals surface area contributed by atoms with E-state index in [2.05, 4.69) is 0 Å². The Bertz CT molecular complexity index is 404. The van der Waals surface area contributed by atoms with E-state index in [1.165, 1.54) is 0 Å². The van der Waals surface area contributed by atoms with Crippen LogP contribution in [0, 0.1) is 11.5 Å². The lowest BCUT2D eigenvalue weighted by molar-refractivity contribution is -0.193. The third kappa shape index (κ3) is 12.7. The molecule has 0 bridgehead atoms. The van der Waals surface area contributed by atoms with Crippen LogP contribution in [0.4, 0.5) is 26.3 Å². The van der Waals surface area contributed by atoms with Gasteiger partial charge < -0.3 is 10.2 Å². The summed E-state index contributed by atoms with van der Waals surface area (Å²) in [4.78, 5) is 19.4. The number of aliphatic carboxylic acids is 2. The normalized spacial score (nSPS) is 13.3. The second-order valence-corrected chi connectivity index (χ2v) is 3.62. The average Bonchev–Trinajstić information content (AvgIpc) is 2.80. The minimum absolute atomic E-state index is 0.788. The molecular formula is C8H6F6N2O4S. The molecule has 0 unspecified atom stereocenters. The van der Waals surface area contributed by atoms with E-state index in [-0.39, 0.29) is 0 Å². The summed E-state index contributed by atoms with van der Waals surface area (Å²) in [6.07, 6.45) is -6.41. The van der Waals surface area contributed by atoms with E-state index in [0.29, 0.717) is 0 Å². The van der Waals surface area contributed by atoms with Gasteiger partial charge in [-0.15, -0.1) is 11.8 Å². The van der Waals surface area contributed by atoms with Crippen molar-refractivity contribution in [1.82, 2.24) is 4.90 Å². The number of carbonyl (C=O) groups is 2. The van der Waals surface area contributed by atoms with Gasteiger partial charge >= 0.3 is 24.3 Å². The van der Waals surface area contributed by atoms with Gasteiger partial charge in [-0.2, -0.15) is 31.6 Å². The molecule has 0 aromatic heterocycles. The number of hydrogen-bond acceptors (Lipinski definition) is 5. The lowest BCUT2D eigenvalue weighted by Gasteiger charge is -1.96. The van der Waals surface area contributed by atoms with Crippen molar-refractivity contribution in [1.29, 1.82) is 5.26 Å². The Labute approximate surface area is 117 Å². The largest absolute Gasteiger partial charge is 0.490 e. The van der Waals surface area contributed by atoms with E-state index in [0.717, 1.165) is 5.88 Å². The highest BCUT2D eigenvalue weighted by Gasteiger charge is 2.38. The summed E-state index contributed by atoms with van der Waals surface area (Å²) >= 11 is 1.63. The fourth-order valence-electron chi connectivity index (χ4n) is 0.345. The second kappa shape index (κ2) is 8.95. The number of rotatable bonds is 0. The number of halogens is 6. The van der Waals surface area contributed by atoms with Gasteiger partial charge in [0, 0.05) is 6.20 Å². The van der Waals surface area contributed by atoms with Crippen molar-refractivity contribution in [3.8, 4) is 6.19 Å². The molecule has 2 N–H and O–H groups in total. The van der Waals surface area contributed by atoms with Crippen molar-refractivity contribution >= 4 is 23.7 Å². The highest BCUT2D eigenvalue weighted by Crippen LogP contribution is 2.14. The molecule has 1 aliphatic rings. The van der Waals surface area contributed by atoms with Crippen molar-refractivity contribution in [2.45, 2.75) is 12.4 Å². The van der Waals surface area contributed by atoms with Gasteiger partial charge in [0.15, 0.2) is 6.19 Å².